The fraction of sp³-hybridized carbons (Fsp3) is 0.400. The summed E-state index contributed by atoms with van der Waals surface area (Å²) in [5.41, 5.74) is 0.237. The van der Waals surface area contributed by atoms with Crippen molar-refractivity contribution in [3.63, 3.8) is 0 Å². The molecule has 29 heavy (non-hydrogen) atoms. The second-order valence-corrected chi connectivity index (χ2v) is 9.31. The molecule has 0 unspecified atom stereocenters. The summed E-state index contributed by atoms with van der Waals surface area (Å²) in [5, 5.41) is 4.63. The zero-order valence-electron chi connectivity index (χ0n) is 16.7. The Morgan fingerprint density at radius 1 is 1.10 bits per heavy atom. The molecule has 9 heteroatoms. The number of benzene rings is 1. The third-order valence-electron chi connectivity index (χ3n) is 4.10. The maximum Gasteiger partial charge on any atom is 0.254 e. The van der Waals surface area contributed by atoms with Crippen LogP contribution in [0.2, 0.25) is 0 Å². The van der Waals surface area contributed by atoms with Crippen LogP contribution in [-0.4, -0.2) is 44.8 Å². The van der Waals surface area contributed by atoms with Crippen LogP contribution in [0.5, 0.6) is 0 Å². The molecule has 2 amide bonds. The molecule has 0 radical (unpaired) electrons. The highest BCUT2D eigenvalue weighted by molar-refractivity contribution is 7.89. The largest absolute Gasteiger partial charge is 0.355 e. The summed E-state index contributed by atoms with van der Waals surface area (Å²) in [7, 11) is -3.76. The Hall–Kier alpha value is -2.23. The molecule has 1 heterocycles. The molecule has 0 aliphatic carbocycles. The number of hydrogen-bond acceptors (Lipinski definition) is 5. The quantitative estimate of drug-likeness (QED) is 0.565. The van der Waals surface area contributed by atoms with Crippen molar-refractivity contribution >= 4 is 33.2 Å². The van der Waals surface area contributed by atoms with Gasteiger partial charge in [-0.15, -0.1) is 11.3 Å². The molecule has 0 bridgehead atoms. The van der Waals surface area contributed by atoms with Gasteiger partial charge in [0.05, 0.1) is 11.4 Å². The number of nitrogens with zero attached hydrogens (tertiary/aromatic N) is 1. The van der Waals surface area contributed by atoms with Crippen LogP contribution in [-0.2, 0) is 21.4 Å². The van der Waals surface area contributed by atoms with Gasteiger partial charge in [0.25, 0.3) is 5.91 Å². The molecule has 2 N–H and O–H groups in total. The Kier molecular flexibility index (Phi) is 8.81. The van der Waals surface area contributed by atoms with E-state index >= 15 is 0 Å². The van der Waals surface area contributed by atoms with Gasteiger partial charge < -0.3 is 10.2 Å². The van der Waals surface area contributed by atoms with Crippen LogP contribution >= 0.6 is 11.3 Å². The Bertz CT molecular complexity index is 912. The monoisotopic (exact) mass is 437 g/mol. The number of rotatable bonds is 11. The predicted molar refractivity (Wildman–Crippen MR) is 114 cm³/mol. The van der Waals surface area contributed by atoms with Crippen LogP contribution in [0, 0.1) is 0 Å². The third kappa shape index (κ3) is 6.95. The number of amides is 2. The molecule has 2 rings (SSSR count). The third-order valence-corrected chi connectivity index (χ3v) is 6.37. The normalized spacial score (nSPS) is 11.2. The van der Waals surface area contributed by atoms with Gasteiger partial charge in [-0.3, -0.25) is 9.59 Å². The van der Waals surface area contributed by atoms with Crippen molar-refractivity contribution < 1.29 is 18.0 Å². The summed E-state index contributed by atoms with van der Waals surface area (Å²) >= 11 is 1.46. The fourth-order valence-electron chi connectivity index (χ4n) is 2.66. The maximum absolute atomic E-state index is 12.9. The van der Waals surface area contributed by atoms with E-state index < -0.39 is 10.0 Å². The van der Waals surface area contributed by atoms with E-state index in [9.17, 15) is 18.0 Å². The average molecular weight is 438 g/mol. The van der Waals surface area contributed by atoms with Crippen LogP contribution in [0.1, 0.15) is 41.9 Å². The molecule has 0 atom stereocenters. The van der Waals surface area contributed by atoms with E-state index in [4.69, 9.17) is 0 Å². The van der Waals surface area contributed by atoms with Gasteiger partial charge in [0.1, 0.15) is 0 Å². The summed E-state index contributed by atoms with van der Waals surface area (Å²) in [6.45, 7) is 4.97. The molecule has 0 saturated heterocycles. The zero-order valence-corrected chi connectivity index (χ0v) is 18.3. The molecule has 0 aliphatic heterocycles. The van der Waals surface area contributed by atoms with Crippen LogP contribution in [0.4, 0.5) is 0 Å². The zero-order chi connectivity index (χ0) is 21.3. The first-order chi connectivity index (χ1) is 13.9. The highest BCUT2D eigenvalue weighted by Gasteiger charge is 2.21. The predicted octanol–water partition coefficient (Wildman–Crippen LogP) is 2.61. The van der Waals surface area contributed by atoms with E-state index in [0.717, 1.165) is 11.3 Å². The number of hydrogen-bond donors (Lipinski definition) is 2. The summed E-state index contributed by atoms with van der Waals surface area (Å²) in [6.07, 6.45) is 1.50. The first-order valence-corrected chi connectivity index (χ1v) is 11.9. The Labute approximate surface area is 176 Å². The molecular weight excluding hydrogens is 410 g/mol. The van der Waals surface area contributed by atoms with Gasteiger partial charge in [-0.05, 0) is 42.5 Å². The van der Waals surface area contributed by atoms with E-state index in [-0.39, 0.29) is 35.4 Å². The molecule has 2 aromatic rings. The fourth-order valence-corrected chi connectivity index (χ4v) is 4.45. The van der Waals surface area contributed by atoms with E-state index in [0.29, 0.717) is 19.5 Å². The summed E-state index contributed by atoms with van der Waals surface area (Å²) in [4.78, 5) is 27.3. The van der Waals surface area contributed by atoms with Gasteiger partial charge in [0.15, 0.2) is 0 Å². The van der Waals surface area contributed by atoms with Gasteiger partial charge in [-0.2, -0.15) is 0 Å². The second kappa shape index (κ2) is 11.1. The summed E-state index contributed by atoms with van der Waals surface area (Å²) in [6, 6.07) is 9.60. The van der Waals surface area contributed by atoms with Gasteiger partial charge in [0.2, 0.25) is 15.9 Å². The van der Waals surface area contributed by atoms with Crippen molar-refractivity contribution in [3.8, 4) is 0 Å². The van der Waals surface area contributed by atoms with Crippen molar-refractivity contribution in [3.05, 3.63) is 52.2 Å². The van der Waals surface area contributed by atoms with E-state index in [2.05, 4.69) is 10.0 Å². The number of thiophene rings is 1. The molecule has 1 aromatic carbocycles. The van der Waals surface area contributed by atoms with Crippen molar-refractivity contribution in [2.75, 3.05) is 19.6 Å². The lowest BCUT2D eigenvalue weighted by Gasteiger charge is -2.22. The van der Waals surface area contributed by atoms with Crippen molar-refractivity contribution in [2.24, 2.45) is 0 Å². The van der Waals surface area contributed by atoms with Crippen LogP contribution in [0.15, 0.2) is 46.7 Å². The first kappa shape index (κ1) is 23.1. The van der Waals surface area contributed by atoms with Crippen molar-refractivity contribution in [2.45, 2.75) is 38.1 Å². The Balaban J connectivity index is 2.14. The van der Waals surface area contributed by atoms with Gasteiger partial charge >= 0.3 is 0 Å². The van der Waals surface area contributed by atoms with Crippen LogP contribution in [0.25, 0.3) is 0 Å². The van der Waals surface area contributed by atoms with Crippen molar-refractivity contribution in [1.29, 1.82) is 0 Å². The highest BCUT2D eigenvalue weighted by Crippen LogP contribution is 2.15. The molecular formula is C20H27N3O4S2. The topological polar surface area (TPSA) is 95.6 Å². The number of carbonyl (C=O) groups excluding carboxylic acids is 2. The Morgan fingerprint density at radius 2 is 1.90 bits per heavy atom. The van der Waals surface area contributed by atoms with E-state index in [1.165, 1.54) is 34.4 Å². The lowest BCUT2D eigenvalue weighted by Crippen LogP contribution is -2.41. The smallest absolute Gasteiger partial charge is 0.254 e. The maximum atomic E-state index is 12.9. The first-order valence-electron chi connectivity index (χ1n) is 9.55. The van der Waals surface area contributed by atoms with Crippen LogP contribution in [0.3, 0.4) is 0 Å². The highest BCUT2D eigenvalue weighted by atomic mass is 32.2. The molecule has 0 fully saturated rings. The Morgan fingerprint density at radius 3 is 2.55 bits per heavy atom. The summed E-state index contributed by atoms with van der Waals surface area (Å²) < 4.78 is 27.7. The number of sulfonamides is 1. The van der Waals surface area contributed by atoms with Crippen LogP contribution < -0.4 is 10.0 Å². The second-order valence-electron chi connectivity index (χ2n) is 6.51. The van der Waals surface area contributed by atoms with Gasteiger partial charge in [-0.25, -0.2) is 13.1 Å². The van der Waals surface area contributed by atoms with Gasteiger partial charge in [0, 0.05) is 30.1 Å². The SMILES string of the molecule is CCCNC(=O)CN(CCC)C(=O)c1cccc(S(=O)(=O)NCc2cccs2)c1. The van der Waals surface area contributed by atoms with Crippen molar-refractivity contribution in [1.82, 2.24) is 14.9 Å². The molecule has 0 aliphatic rings. The minimum absolute atomic E-state index is 0.0202. The minimum Gasteiger partial charge on any atom is -0.355 e. The lowest BCUT2D eigenvalue weighted by molar-refractivity contribution is -0.121. The van der Waals surface area contributed by atoms with E-state index in [1.807, 2.05) is 31.4 Å². The molecule has 0 saturated carbocycles. The number of carbonyl (C=O) groups is 2. The standard InChI is InChI=1S/C20H27N3O4S2/c1-3-10-21-19(24)15-23(11-4-2)20(25)16-7-5-9-18(13-16)29(26,27)22-14-17-8-6-12-28-17/h5-9,12-13,22H,3-4,10-11,14-15H2,1-2H3,(H,21,24). The molecule has 7 nitrogen and oxygen atoms in total. The molecule has 1 aromatic heterocycles. The van der Waals surface area contributed by atoms with E-state index in [1.54, 1.807) is 6.07 Å². The minimum atomic E-state index is -3.76. The number of nitrogens with one attached hydrogen (secondary N) is 2. The molecule has 0 spiro atoms. The molecule has 158 valence electrons. The summed E-state index contributed by atoms with van der Waals surface area (Å²) in [5.74, 6) is -0.594. The van der Waals surface area contributed by atoms with Gasteiger partial charge in [-0.1, -0.05) is 26.0 Å². The lowest BCUT2D eigenvalue weighted by atomic mass is 10.2. The average Bonchev–Trinajstić information content (AvgIpc) is 3.24.